The molecule has 1 rings (SSSR count). The number of hydrogen-bond acceptors (Lipinski definition) is 5. The Morgan fingerprint density at radius 1 is 1.12 bits per heavy atom. The Labute approximate surface area is 97.0 Å². The van der Waals surface area contributed by atoms with Gasteiger partial charge in [-0.05, 0) is 12.0 Å². The Hall–Kier alpha value is -2.02. The molecular formula is C10H12N2O5. The molecule has 0 radical (unpaired) electrons. The van der Waals surface area contributed by atoms with Gasteiger partial charge in [0.15, 0.2) is 0 Å². The van der Waals surface area contributed by atoms with Crippen LogP contribution in [0.15, 0.2) is 18.2 Å². The summed E-state index contributed by atoms with van der Waals surface area (Å²) in [7, 11) is 0. The summed E-state index contributed by atoms with van der Waals surface area (Å²) < 4.78 is 0. The molecule has 0 aliphatic rings. The molecule has 7 heteroatoms. The molecule has 0 saturated carbocycles. The van der Waals surface area contributed by atoms with E-state index in [9.17, 15) is 25.3 Å². The predicted molar refractivity (Wildman–Crippen MR) is 59.5 cm³/mol. The highest BCUT2D eigenvalue weighted by Crippen LogP contribution is 2.36. The zero-order valence-electron chi connectivity index (χ0n) is 9.36. The minimum absolute atomic E-state index is 0.238. The molecule has 0 aromatic heterocycles. The fourth-order valence-electron chi connectivity index (χ4n) is 1.50. The van der Waals surface area contributed by atoms with Crippen molar-refractivity contribution in [3.63, 3.8) is 0 Å². The summed E-state index contributed by atoms with van der Waals surface area (Å²) in [6.45, 7) is 3.26. The molecule has 0 unspecified atom stereocenters. The number of rotatable bonds is 4. The van der Waals surface area contributed by atoms with E-state index in [2.05, 4.69) is 0 Å². The molecule has 1 aromatic rings. The van der Waals surface area contributed by atoms with Crippen molar-refractivity contribution in [3.05, 3.63) is 44.0 Å². The summed E-state index contributed by atoms with van der Waals surface area (Å²) in [5.74, 6) is -0.352. The molecule has 0 fully saturated rings. The Morgan fingerprint density at radius 2 is 1.53 bits per heavy atom. The molecule has 1 aromatic carbocycles. The lowest BCUT2D eigenvalue weighted by molar-refractivity contribution is -0.396. The quantitative estimate of drug-likeness (QED) is 0.641. The molecule has 0 heterocycles. The van der Waals surface area contributed by atoms with Gasteiger partial charge in [-0.1, -0.05) is 13.8 Å². The lowest BCUT2D eigenvalue weighted by Crippen LogP contribution is -2.11. The third-order valence-corrected chi connectivity index (χ3v) is 2.38. The molecule has 1 atom stereocenters. The van der Waals surface area contributed by atoms with Crippen molar-refractivity contribution in [2.24, 2.45) is 5.92 Å². The van der Waals surface area contributed by atoms with Gasteiger partial charge in [-0.25, -0.2) is 0 Å². The summed E-state index contributed by atoms with van der Waals surface area (Å²) >= 11 is 0. The van der Waals surface area contributed by atoms with Crippen molar-refractivity contribution in [3.8, 4) is 0 Å². The SMILES string of the molecule is CC(C)[C@@H](O)c1c([N+](=O)[O-])cccc1[N+](=O)[O-]. The summed E-state index contributed by atoms with van der Waals surface area (Å²) in [5, 5.41) is 31.4. The minimum Gasteiger partial charge on any atom is -0.388 e. The van der Waals surface area contributed by atoms with Crippen LogP contribution in [-0.4, -0.2) is 15.0 Å². The first-order chi connectivity index (χ1) is 7.86. The molecule has 0 aliphatic heterocycles. The molecule has 0 spiro atoms. The van der Waals surface area contributed by atoms with Crippen LogP contribution < -0.4 is 0 Å². The molecule has 0 aliphatic carbocycles. The third kappa shape index (κ3) is 2.56. The second kappa shape index (κ2) is 4.88. The number of aliphatic hydroxyl groups is 1. The van der Waals surface area contributed by atoms with Gasteiger partial charge in [-0.15, -0.1) is 0 Å². The van der Waals surface area contributed by atoms with Gasteiger partial charge in [0.05, 0.1) is 16.0 Å². The van der Waals surface area contributed by atoms with E-state index < -0.39 is 27.3 Å². The van der Waals surface area contributed by atoms with Gasteiger partial charge < -0.3 is 5.11 Å². The molecule has 0 amide bonds. The maximum absolute atomic E-state index is 10.8. The van der Waals surface area contributed by atoms with E-state index in [4.69, 9.17) is 0 Å². The summed E-state index contributed by atoms with van der Waals surface area (Å²) in [4.78, 5) is 20.1. The van der Waals surface area contributed by atoms with Gasteiger partial charge in [0.25, 0.3) is 11.4 Å². The summed E-state index contributed by atoms with van der Waals surface area (Å²) in [6.07, 6.45) is -1.24. The number of nitrogens with zero attached hydrogens (tertiary/aromatic N) is 2. The first-order valence-electron chi connectivity index (χ1n) is 4.96. The average Bonchev–Trinajstić information content (AvgIpc) is 2.26. The highest BCUT2D eigenvalue weighted by molar-refractivity contribution is 5.54. The highest BCUT2D eigenvalue weighted by atomic mass is 16.6. The normalized spacial score (nSPS) is 12.5. The fourth-order valence-corrected chi connectivity index (χ4v) is 1.50. The lowest BCUT2D eigenvalue weighted by atomic mass is 9.96. The van der Waals surface area contributed by atoms with Gasteiger partial charge in [0.2, 0.25) is 0 Å². The standard InChI is InChI=1S/C10H12N2O5/c1-6(2)10(13)9-7(11(14)15)4-3-5-8(9)12(16)17/h3-6,10,13H,1-2H3/t10-/m1/s1. The molecular weight excluding hydrogens is 228 g/mol. The van der Waals surface area contributed by atoms with E-state index in [1.165, 1.54) is 6.07 Å². The average molecular weight is 240 g/mol. The summed E-state index contributed by atoms with van der Waals surface area (Å²) in [6, 6.07) is 3.52. The van der Waals surface area contributed by atoms with E-state index in [0.717, 1.165) is 12.1 Å². The van der Waals surface area contributed by atoms with E-state index in [1.54, 1.807) is 13.8 Å². The molecule has 0 saturated heterocycles. The van der Waals surface area contributed by atoms with E-state index in [1.807, 2.05) is 0 Å². The number of nitro benzene ring substituents is 2. The van der Waals surface area contributed by atoms with Crippen LogP contribution in [0.5, 0.6) is 0 Å². The number of benzene rings is 1. The number of nitro groups is 2. The predicted octanol–water partition coefficient (Wildman–Crippen LogP) is 2.19. The van der Waals surface area contributed by atoms with E-state index in [-0.39, 0.29) is 11.5 Å². The van der Waals surface area contributed by atoms with Crippen LogP contribution in [0.2, 0.25) is 0 Å². The molecule has 92 valence electrons. The van der Waals surface area contributed by atoms with Crippen LogP contribution >= 0.6 is 0 Å². The van der Waals surface area contributed by atoms with Crippen molar-refractivity contribution in [1.29, 1.82) is 0 Å². The second-order valence-corrected chi connectivity index (χ2v) is 3.91. The van der Waals surface area contributed by atoms with Crippen molar-refractivity contribution in [2.75, 3.05) is 0 Å². The maximum atomic E-state index is 10.8. The smallest absolute Gasteiger partial charge is 0.282 e. The van der Waals surface area contributed by atoms with Gasteiger partial charge in [-0.2, -0.15) is 0 Å². The van der Waals surface area contributed by atoms with E-state index >= 15 is 0 Å². The Kier molecular flexibility index (Phi) is 3.74. The fraction of sp³-hybridized carbons (Fsp3) is 0.400. The van der Waals surface area contributed by atoms with E-state index in [0.29, 0.717) is 0 Å². The van der Waals surface area contributed by atoms with Crippen LogP contribution in [0, 0.1) is 26.1 Å². The first kappa shape index (κ1) is 13.0. The van der Waals surface area contributed by atoms with Crippen LogP contribution in [-0.2, 0) is 0 Å². The monoisotopic (exact) mass is 240 g/mol. The third-order valence-electron chi connectivity index (χ3n) is 2.38. The first-order valence-corrected chi connectivity index (χ1v) is 4.96. The van der Waals surface area contributed by atoms with Crippen molar-refractivity contribution < 1.29 is 15.0 Å². The molecule has 0 bridgehead atoms. The molecule has 17 heavy (non-hydrogen) atoms. The number of hydrogen-bond donors (Lipinski definition) is 1. The number of aliphatic hydroxyl groups excluding tert-OH is 1. The zero-order valence-corrected chi connectivity index (χ0v) is 9.36. The topological polar surface area (TPSA) is 107 Å². The van der Waals surface area contributed by atoms with Gasteiger partial charge in [0.1, 0.15) is 5.56 Å². The largest absolute Gasteiger partial charge is 0.388 e. The van der Waals surface area contributed by atoms with Crippen LogP contribution in [0.4, 0.5) is 11.4 Å². The van der Waals surface area contributed by atoms with Crippen LogP contribution in [0.1, 0.15) is 25.5 Å². The highest BCUT2D eigenvalue weighted by Gasteiger charge is 2.31. The van der Waals surface area contributed by atoms with Crippen molar-refractivity contribution >= 4 is 11.4 Å². The Balaban J connectivity index is 3.49. The summed E-state index contributed by atoms with van der Waals surface area (Å²) in [5.41, 5.74) is -1.10. The maximum Gasteiger partial charge on any atom is 0.282 e. The van der Waals surface area contributed by atoms with Crippen LogP contribution in [0.25, 0.3) is 0 Å². The zero-order chi connectivity index (χ0) is 13.2. The Morgan fingerprint density at radius 3 is 1.82 bits per heavy atom. The van der Waals surface area contributed by atoms with Gasteiger partial charge in [-0.3, -0.25) is 20.2 Å². The second-order valence-electron chi connectivity index (χ2n) is 3.91. The minimum atomic E-state index is -1.24. The molecule has 1 N–H and O–H groups in total. The van der Waals surface area contributed by atoms with Crippen molar-refractivity contribution in [1.82, 2.24) is 0 Å². The molecule has 7 nitrogen and oxygen atoms in total. The van der Waals surface area contributed by atoms with Gasteiger partial charge in [0, 0.05) is 12.1 Å². The van der Waals surface area contributed by atoms with Crippen LogP contribution in [0.3, 0.4) is 0 Å². The lowest BCUT2D eigenvalue weighted by Gasteiger charge is -2.14. The van der Waals surface area contributed by atoms with Gasteiger partial charge >= 0.3 is 0 Å². The van der Waals surface area contributed by atoms with Crippen molar-refractivity contribution in [2.45, 2.75) is 20.0 Å². The Bertz CT molecular complexity index is 426.